The fourth-order valence-corrected chi connectivity index (χ4v) is 6.16. The Hall–Kier alpha value is -1.78. The fraction of sp³-hybridized carbons (Fsp3) is 0.750. The molecule has 2 N–H and O–H groups in total. The van der Waals surface area contributed by atoms with Crippen LogP contribution >= 0.6 is 0 Å². The number of sulfonamides is 1. The molecule has 166 valence electrons. The molecule has 0 aromatic carbocycles. The zero-order valence-corrected chi connectivity index (χ0v) is 18.4. The van der Waals surface area contributed by atoms with E-state index in [1.165, 1.54) is 4.90 Å². The molecule has 2 heterocycles. The summed E-state index contributed by atoms with van der Waals surface area (Å²) in [5.41, 5.74) is 1.12. The van der Waals surface area contributed by atoms with Crippen LogP contribution in [0.15, 0.2) is 12.4 Å². The zero-order valence-electron chi connectivity index (χ0n) is 17.6. The van der Waals surface area contributed by atoms with Crippen molar-refractivity contribution in [2.24, 2.45) is 5.92 Å². The van der Waals surface area contributed by atoms with Gasteiger partial charge in [-0.2, -0.15) is 0 Å². The van der Waals surface area contributed by atoms with Gasteiger partial charge < -0.3 is 9.84 Å². The Balaban J connectivity index is 1.38. The fourth-order valence-electron chi connectivity index (χ4n) is 5.36. The summed E-state index contributed by atoms with van der Waals surface area (Å²) in [6.07, 6.45) is 8.06. The minimum Gasteiger partial charge on any atom is -0.465 e. The van der Waals surface area contributed by atoms with E-state index >= 15 is 0 Å². The lowest BCUT2D eigenvalue weighted by molar-refractivity contribution is -0.00874. The van der Waals surface area contributed by atoms with E-state index in [0.29, 0.717) is 12.3 Å². The average molecular weight is 439 g/mol. The highest BCUT2D eigenvalue weighted by molar-refractivity contribution is 7.88. The van der Waals surface area contributed by atoms with Crippen LogP contribution in [0.4, 0.5) is 4.79 Å². The van der Waals surface area contributed by atoms with Crippen LogP contribution in [0.2, 0.25) is 0 Å². The molecule has 2 saturated carbocycles. The van der Waals surface area contributed by atoms with Gasteiger partial charge in [0.25, 0.3) is 0 Å². The van der Waals surface area contributed by atoms with Crippen LogP contribution in [0.1, 0.15) is 50.4 Å². The molecule has 1 aromatic heterocycles. The van der Waals surface area contributed by atoms with Crippen molar-refractivity contribution in [3.63, 3.8) is 0 Å². The summed E-state index contributed by atoms with van der Waals surface area (Å²) in [5, 5.41) is 9.61. The predicted molar refractivity (Wildman–Crippen MR) is 110 cm³/mol. The highest BCUT2D eigenvalue weighted by Gasteiger charge is 2.60. The molecule has 30 heavy (non-hydrogen) atoms. The van der Waals surface area contributed by atoms with Crippen molar-refractivity contribution < 1.29 is 23.1 Å². The number of carboxylic acid groups (broad SMARTS) is 1. The lowest BCUT2D eigenvalue weighted by Gasteiger charge is -2.32. The van der Waals surface area contributed by atoms with Crippen LogP contribution in [0.3, 0.4) is 0 Å². The van der Waals surface area contributed by atoms with E-state index in [-0.39, 0.29) is 24.2 Å². The largest absolute Gasteiger partial charge is 0.465 e. The van der Waals surface area contributed by atoms with Crippen molar-refractivity contribution in [1.82, 2.24) is 19.6 Å². The minimum atomic E-state index is -3.44. The van der Waals surface area contributed by atoms with Crippen molar-refractivity contribution in [3.05, 3.63) is 23.8 Å². The molecule has 6 atom stereocenters. The summed E-state index contributed by atoms with van der Waals surface area (Å²) >= 11 is 0. The monoisotopic (exact) mass is 438 g/mol. The molecule has 0 radical (unpaired) electrons. The molecule has 1 amide bonds. The second-order valence-corrected chi connectivity index (χ2v) is 11.0. The molecule has 1 saturated heterocycles. The lowest BCUT2D eigenvalue weighted by atomic mass is 9.86. The summed E-state index contributed by atoms with van der Waals surface area (Å²) in [7, 11) is -3.44. The maximum atomic E-state index is 11.7. The number of nitrogens with one attached hydrogen (secondary N) is 1. The highest BCUT2D eigenvalue weighted by atomic mass is 32.2. The quantitative estimate of drug-likeness (QED) is 0.693. The number of hydrogen-bond donors (Lipinski definition) is 2. The molecule has 0 bridgehead atoms. The molecule has 3 aliphatic rings. The molecule has 10 heteroatoms. The number of aryl methyl sites for hydroxylation is 1. The van der Waals surface area contributed by atoms with Crippen LogP contribution in [-0.4, -0.2) is 71.6 Å². The smallest absolute Gasteiger partial charge is 0.407 e. The van der Waals surface area contributed by atoms with Gasteiger partial charge >= 0.3 is 6.09 Å². The van der Waals surface area contributed by atoms with Crippen LogP contribution in [-0.2, 0) is 20.2 Å². The Morgan fingerprint density at radius 3 is 2.67 bits per heavy atom. The summed E-state index contributed by atoms with van der Waals surface area (Å²) in [5.74, 6) is 1.41. The summed E-state index contributed by atoms with van der Waals surface area (Å²) in [4.78, 5) is 22.2. The summed E-state index contributed by atoms with van der Waals surface area (Å²) < 4.78 is 32.2. The first-order valence-electron chi connectivity index (χ1n) is 10.5. The van der Waals surface area contributed by atoms with Gasteiger partial charge in [0.05, 0.1) is 25.0 Å². The first kappa shape index (κ1) is 21.5. The van der Waals surface area contributed by atoms with Gasteiger partial charge in [0, 0.05) is 29.9 Å². The number of aromatic nitrogens is 2. The number of nitrogens with zero attached hydrogens (tertiary/aromatic N) is 3. The summed E-state index contributed by atoms with van der Waals surface area (Å²) in [6, 6.07) is -1.27. The van der Waals surface area contributed by atoms with Crippen molar-refractivity contribution in [2.45, 2.75) is 75.6 Å². The van der Waals surface area contributed by atoms with Crippen LogP contribution in [0, 0.1) is 12.8 Å². The van der Waals surface area contributed by atoms with E-state index in [2.05, 4.69) is 14.7 Å². The molecule has 2 aliphatic carbocycles. The topological polar surface area (TPSA) is 122 Å². The second-order valence-electron chi connectivity index (χ2n) is 9.21. The van der Waals surface area contributed by atoms with E-state index in [1.807, 2.05) is 19.3 Å². The van der Waals surface area contributed by atoms with Gasteiger partial charge in [0.1, 0.15) is 5.82 Å². The molecule has 0 spiro atoms. The van der Waals surface area contributed by atoms with Crippen LogP contribution in [0.5, 0.6) is 0 Å². The summed E-state index contributed by atoms with van der Waals surface area (Å²) in [6.45, 7) is 3.97. The Morgan fingerprint density at radius 2 is 2.07 bits per heavy atom. The van der Waals surface area contributed by atoms with E-state index < -0.39 is 28.2 Å². The highest BCUT2D eigenvalue weighted by Crippen LogP contribution is 2.61. The van der Waals surface area contributed by atoms with Gasteiger partial charge in [-0.15, -0.1) is 0 Å². The Labute approximate surface area is 177 Å². The Kier molecular flexibility index (Phi) is 5.52. The maximum Gasteiger partial charge on any atom is 0.407 e. The van der Waals surface area contributed by atoms with Gasteiger partial charge in [0.15, 0.2) is 0 Å². The van der Waals surface area contributed by atoms with Crippen LogP contribution < -0.4 is 4.72 Å². The maximum absolute atomic E-state index is 11.7. The predicted octanol–water partition coefficient (Wildman–Crippen LogP) is 1.67. The van der Waals surface area contributed by atoms with E-state index in [0.717, 1.165) is 43.3 Å². The number of likely N-dealkylation sites (tertiary alicyclic amines) is 1. The first-order valence-corrected chi connectivity index (χ1v) is 12.4. The Bertz CT molecular complexity index is 908. The number of fused-ring (bicyclic) bond motifs is 1. The van der Waals surface area contributed by atoms with Crippen molar-refractivity contribution >= 4 is 16.1 Å². The molecule has 1 aliphatic heterocycles. The normalized spacial score (nSPS) is 35.8. The molecule has 9 nitrogen and oxygen atoms in total. The van der Waals surface area contributed by atoms with Gasteiger partial charge in [-0.25, -0.2) is 27.9 Å². The SMILES string of the molecule is Cc1cnc([C@@]23CC[C@H](OC[C@H]4[C@@H](NS(C)(=O)=O)C[C@@H](C)N4C(=O)O)C[C@@H]2C3)nc1. The molecule has 3 fully saturated rings. The molecular formula is C20H30N4O5S. The van der Waals surface area contributed by atoms with Crippen molar-refractivity contribution in [2.75, 3.05) is 12.9 Å². The third-order valence-corrected chi connectivity index (χ3v) is 7.63. The number of rotatable bonds is 6. The standard InChI is InChI=1S/C20H30N4O5S/c1-12-9-21-18(22-10-12)20-5-4-15(7-14(20)8-20)29-11-17-16(23-30(3,27)28)6-13(2)24(17)19(25)26/h9-10,13-17,23H,4-8,11H2,1-3H3,(H,25,26)/t13-,14-,15+,16+,17+,20-/m1/s1. The van der Waals surface area contributed by atoms with Gasteiger partial charge in [-0.05, 0) is 57.4 Å². The first-order chi connectivity index (χ1) is 14.1. The molecule has 4 rings (SSSR count). The average Bonchev–Trinajstić information content (AvgIpc) is 3.30. The third kappa shape index (κ3) is 4.17. The van der Waals surface area contributed by atoms with Crippen LogP contribution in [0.25, 0.3) is 0 Å². The zero-order chi connectivity index (χ0) is 21.7. The number of carbonyl (C=O) groups is 1. The number of hydrogen-bond acceptors (Lipinski definition) is 6. The molecule has 1 aromatic rings. The second kappa shape index (κ2) is 7.72. The third-order valence-electron chi connectivity index (χ3n) is 6.90. The van der Waals surface area contributed by atoms with Crippen molar-refractivity contribution in [1.29, 1.82) is 0 Å². The lowest BCUT2D eigenvalue weighted by Crippen LogP contribution is -2.50. The van der Waals surface area contributed by atoms with E-state index in [1.54, 1.807) is 6.92 Å². The van der Waals surface area contributed by atoms with Gasteiger partial charge in [0.2, 0.25) is 10.0 Å². The number of ether oxygens (including phenoxy) is 1. The molecular weight excluding hydrogens is 408 g/mol. The van der Waals surface area contributed by atoms with Gasteiger partial charge in [-0.3, -0.25) is 4.90 Å². The van der Waals surface area contributed by atoms with Gasteiger partial charge in [-0.1, -0.05) is 0 Å². The minimum absolute atomic E-state index is 0.0431. The van der Waals surface area contributed by atoms with Crippen molar-refractivity contribution in [3.8, 4) is 0 Å². The number of amides is 1. The molecule has 0 unspecified atom stereocenters. The Morgan fingerprint density at radius 1 is 1.37 bits per heavy atom. The van der Waals surface area contributed by atoms with E-state index in [9.17, 15) is 18.3 Å². The van der Waals surface area contributed by atoms with E-state index in [4.69, 9.17) is 4.74 Å².